The Balaban J connectivity index is 3.24. The number of hydrogen-bond donors (Lipinski definition) is 1. The van der Waals surface area contributed by atoms with E-state index in [1.807, 2.05) is 0 Å². The molecule has 0 aliphatic heterocycles. The van der Waals surface area contributed by atoms with Crippen LogP contribution in [0.5, 0.6) is 0 Å². The molecule has 0 amide bonds. The van der Waals surface area contributed by atoms with Gasteiger partial charge in [0.1, 0.15) is 18.0 Å². The summed E-state index contributed by atoms with van der Waals surface area (Å²) in [6.45, 7) is 0.0278. The van der Waals surface area contributed by atoms with Crippen molar-refractivity contribution in [3.63, 3.8) is 0 Å². The van der Waals surface area contributed by atoms with Gasteiger partial charge in [-0.3, -0.25) is 0 Å². The van der Waals surface area contributed by atoms with Gasteiger partial charge in [0.05, 0.1) is 0 Å². The molecule has 1 rings (SSSR count). The maximum Gasteiger partial charge on any atom is 0.433 e. The monoisotopic (exact) mass is 285 g/mol. The van der Waals surface area contributed by atoms with Crippen LogP contribution in [0.4, 0.5) is 13.2 Å². The molecule has 1 N–H and O–H groups in total. The minimum absolute atomic E-state index is 0.0278. The molecule has 0 spiro atoms. The first-order valence-electron chi connectivity index (χ1n) is 5.31. The summed E-state index contributed by atoms with van der Waals surface area (Å²) in [6, 6.07) is 1.88. The lowest BCUT2D eigenvalue weighted by Crippen LogP contribution is -2.09. The fourth-order valence-electron chi connectivity index (χ4n) is 1.22. The lowest BCUT2D eigenvalue weighted by Gasteiger charge is -2.07. The van der Waals surface area contributed by atoms with Crippen LogP contribution < -0.4 is 0 Å². The zero-order valence-corrected chi connectivity index (χ0v) is 10.4. The average molecular weight is 285 g/mol. The number of methoxy groups -OCH3 is 1. The third-order valence-corrected chi connectivity index (χ3v) is 2.05. The Hall–Kier alpha value is -2.33. The predicted octanol–water partition coefficient (Wildman–Crippen LogP) is 2.20. The van der Waals surface area contributed by atoms with E-state index in [1.165, 1.54) is 7.11 Å². The number of carbonyl (C=O) groups is 1. The molecule has 106 valence electrons. The zero-order chi connectivity index (χ0) is 15.2. The molecule has 0 atom stereocenters. The second kappa shape index (κ2) is 6.73. The van der Waals surface area contributed by atoms with Crippen LogP contribution in [0.2, 0.25) is 0 Å². The maximum absolute atomic E-state index is 12.6. The molecule has 4 nitrogen and oxygen atoms in total. The van der Waals surface area contributed by atoms with E-state index in [0.29, 0.717) is 0 Å². The Morgan fingerprint density at radius 1 is 1.50 bits per heavy atom. The fraction of sp³-hybridized carbons (Fsp3) is 0.231. The van der Waals surface area contributed by atoms with Crippen LogP contribution in [0.3, 0.4) is 0 Å². The Kier molecular flexibility index (Phi) is 5.29. The van der Waals surface area contributed by atoms with E-state index in [2.05, 4.69) is 21.6 Å². The van der Waals surface area contributed by atoms with Crippen LogP contribution in [0.1, 0.15) is 17.0 Å². The number of aromatic nitrogens is 1. The summed E-state index contributed by atoms with van der Waals surface area (Å²) in [5.74, 6) is 3.67. The first-order chi connectivity index (χ1) is 9.34. The summed E-state index contributed by atoms with van der Waals surface area (Å²) in [5, 5.41) is 8.52. The Labute approximate surface area is 112 Å². The Morgan fingerprint density at radius 3 is 2.75 bits per heavy atom. The van der Waals surface area contributed by atoms with Gasteiger partial charge in [-0.1, -0.05) is 5.92 Å². The molecule has 0 saturated carbocycles. The largest absolute Gasteiger partial charge is 0.478 e. The quantitative estimate of drug-likeness (QED) is 0.683. The molecular formula is C13H10F3NO3. The van der Waals surface area contributed by atoms with Crippen molar-refractivity contribution in [2.45, 2.75) is 6.18 Å². The average Bonchev–Trinajstić information content (AvgIpc) is 2.36. The molecule has 0 aliphatic rings. The highest BCUT2D eigenvalue weighted by molar-refractivity contribution is 5.85. The Morgan fingerprint density at radius 2 is 2.20 bits per heavy atom. The maximum atomic E-state index is 12.6. The van der Waals surface area contributed by atoms with Gasteiger partial charge in [-0.15, -0.1) is 0 Å². The number of ether oxygens (including phenoxy) is 1. The summed E-state index contributed by atoms with van der Waals surface area (Å²) in [4.78, 5) is 13.8. The minimum Gasteiger partial charge on any atom is -0.478 e. The summed E-state index contributed by atoms with van der Waals surface area (Å²) in [6.07, 6.45) is -2.66. The summed E-state index contributed by atoms with van der Waals surface area (Å²) >= 11 is 0. The smallest absolute Gasteiger partial charge is 0.433 e. The number of alkyl halides is 3. The van der Waals surface area contributed by atoms with E-state index >= 15 is 0 Å². The van der Waals surface area contributed by atoms with Gasteiger partial charge in [0.2, 0.25) is 0 Å². The van der Waals surface area contributed by atoms with Crippen LogP contribution in [0, 0.1) is 11.8 Å². The number of nitrogens with zero attached hydrogens (tertiary/aromatic N) is 1. The summed E-state index contributed by atoms with van der Waals surface area (Å²) < 4.78 is 42.3. The van der Waals surface area contributed by atoms with Crippen LogP contribution in [-0.2, 0) is 15.7 Å². The highest BCUT2D eigenvalue weighted by atomic mass is 19.4. The van der Waals surface area contributed by atoms with Gasteiger partial charge in [-0.2, -0.15) is 13.2 Å². The molecule has 0 aromatic carbocycles. The van der Waals surface area contributed by atoms with Gasteiger partial charge < -0.3 is 9.84 Å². The zero-order valence-electron chi connectivity index (χ0n) is 10.4. The molecule has 0 unspecified atom stereocenters. The number of halogens is 3. The van der Waals surface area contributed by atoms with Crippen LogP contribution >= 0.6 is 0 Å². The summed E-state index contributed by atoms with van der Waals surface area (Å²) in [7, 11) is 1.39. The van der Waals surface area contributed by atoms with Gasteiger partial charge in [0.15, 0.2) is 0 Å². The first-order valence-corrected chi connectivity index (χ1v) is 5.31. The lowest BCUT2D eigenvalue weighted by atomic mass is 10.1. The predicted molar refractivity (Wildman–Crippen MR) is 64.7 cm³/mol. The minimum atomic E-state index is -4.59. The van der Waals surface area contributed by atoms with E-state index in [4.69, 9.17) is 5.11 Å². The molecule has 0 fully saturated rings. The second-order valence-corrected chi connectivity index (χ2v) is 3.54. The van der Waals surface area contributed by atoms with Crippen molar-refractivity contribution in [1.82, 2.24) is 4.98 Å². The van der Waals surface area contributed by atoms with Crippen LogP contribution in [-0.4, -0.2) is 29.8 Å². The molecule has 1 aromatic rings. The highest BCUT2D eigenvalue weighted by Gasteiger charge is 2.32. The highest BCUT2D eigenvalue weighted by Crippen LogP contribution is 2.28. The van der Waals surface area contributed by atoms with Crippen molar-refractivity contribution in [1.29, 1.82) is 0 Å². The SMILES string of the molecule is COCC#Cc1nc(C(F)(F)F)ccc1C=CC(=O)O. The van der Waals surface area contributed by atoms with Crippen molar-refractivity contribution >= 4 is 12.0 Å². The molecule has 0 bridgehead atoms. The number of pyridine rings is 1. The number of hydrogen-bond acceptors (Lipinski definition) is 3. The van der Waals surface area contributed by atoms with Crippen LogP contribution in [0.15, 0.2) is 18.2 Å². The van der Waals surface area contributed by atoms with Crippen LogP contribution in [0.25, 0.3) is 6.08 Å². The van der Waals surface area contributed by atoms with Gasteiger partial charge in [-0.25, -0.2) is 9.78 Å². The third-order valence-electron chi connectivity index (χ3n) is 2.05. The molecule has 0 saturated heterocycles. The fourth-order valence-corrected chi connectivity index (χ4v) is 1.22. The summed E-state index contributed by atoms with van der Waals surface area (Å²) in [5.41, 5.74) is -1.06. The van der Waals surface area contributed by atoms with Crippen molar-refractivity contribution in [3.8, 4) is 11.8 Å². The molecule has 20 heavy (non-hydrogen) atoms. The number of rotatable bonds is 3. The lowest BCUT2D eigenvalue weighted by molar-refractivity contribution is -0.141. The normalized spacial score (nSPS) is 11.2. The molecule has 0 aliphatic carbocycles. The van der Waals surface area contributed by atoms with E-state index in [-0.39, 0.29) is 17.9 Å². The van der Waals surface area contributed by atoms with E-state index in [0.717, 1.165) is 24.3 Å². The van der Waals surface area contributed by atoms with E-state index in [9.17, 15) is 18.0 Å². The molecule has 7 heteroatoms. The van der Waals surface area contributed by atoms with Gasteiger partial charge in [0.25, 0.3) is 0 Å². The second-order valence-electron chi connectivity index (χ2n) is 3.54. The van der Waals surface area contributed by atoms with Crippen molar-refractivity contribution in [2.75, 3.05) is 13.7 Å². The van der Waals surface area contributed by atoms with Crippen molar-refractivity contribution in [3.05, 3.63) is 35.2 Å². The van der Waals surface area contributed by atoms with Gasteiger partial charge in [0, 0.05) is 18.7 Å². The molecule has 1 aromatic heterocycles. The van der Waals surface area contributed by atoms with Crippen molar-refractivity contribution < 1.29 is 27.8 Å². The molecular weight excluding hydrogens is 275 g/mol. The number of aliphatic carboxylic acids is 1. The van der Waals surface area contributed by atoms with Gasteiger partial charge >= 0.3 is 12.1 Å². The standard InChI is InChI=1S/C13H10F3NO3/c1-20-8-2-3-10-9(5-7-12(18)19)4-6-11(17-10)13(14,15)16/h4-7H,8H2,1H3,(H,18,19). The third kappa shape index (κ3) is 4.74. The van der Waals surface area contributed by atoms with E-state index in [1.54, 1.807) is 0 Å². The number of carboxylic acid groups (broad SMARTS) is 1. The number of carboxylic acids is 1. The topological polar surface area (TPSA) is 59.4 Å². The van der Waals surface area contributed by atoms with Gasteiger partial charge in [-0.05, 0) is 24.1 Å². The first kappa shape index (κ1) is 15.7. The molecule has 0 radical (unpaired) electrons. The molecule has 1 heterocycles. The van der Waals surface area contributed by atoms with E-state index < -0.39 is 17.8 Å². The Bertz CT molecular complexity index is 583. The van der Waals surface area contributed by atoms with Crippen molar-refractivity contribution in [2.24, 2.45) is 0 Å².